The molecule has 0 aliphatic carbocycles. The van der Waals surface area contributed by atoms with Crippen molar-refractivity contribution in [3.05, 3.63) is 0 Å². The van der Waals surface area contributed by atoms with E-state index in [1.54, 1.807) is 13.2 Å². The second-order valence-corrected chi connectivity index (χ2v) is 8.80. The van der Waals surface area contributed by atoms with Crippen LogP contribution in [0.1, 0.15) is 46.0 Å². The lowest BCUT2D eigenvalue weighted by atomic mass is 9.99. The van der Waals surface area contributed by atoms with Gasteiger partial charge < -0.3 is 37.6 Å². The first kappa shape index (κ1) is 31.1. The van der Waals surface area contributed by atoms with E-state index in [1.807, 2.05) is 6.92 Å². The van der Waals surface area contributed by atoms with Crippen molar-refractivity contribution >= 4 is 47.3 Å². The zero-order valence-electron chi connectivity index (χ0n) is 19.5. The molecule has 0 spiro atoms. The van der Waals surface area contributed by atoms with E-state index in [0.29, 0.717) is 12.2 Å². The molecular formula is C20H35N5O8S. The van der Waals surface area contributed by atoms with Crippen LogP contribution in [0, 0.1) is 5.92 Å². The summed E-state index contributed by atoms with van der Waals surface area (Å²) >= 11 is 1.36. The number of thioether (sulfide) groups is 1. The number of carbonyl (C=O) groups excluding carboxylic acids is 4. The number of aliphatic carboxylic acids is 2. The number of amides is 4. The van der Waals surface area contributed by atoms with Crippen LogP contribution in [-0.4, -0.2) is 82.0 Å². The molecule has 0 rings (SSSR count). The molecule has 4 amide bonds. The van der Waals surface area contributed by atoms with Crippen molar-refractivity contribution in [1.82, 2.24) is 16.0 Å². The molecule has 14 heteroatoms. The number of rotatable bonds is 17. The summed E-state index contributed by atoms with van der Waals surface area (Å²) in [6, 6.07) is -5.11. The molecule has 34 heavy (non-hydrogen) atoms. The molecule has 0 fully saturated rings. The van der Waals surface area contributed by atoms with Crippen LogP contribution < -0.4 is 27.4 Å². The lowest BCUT2D eigenvalue weighted by Gasteiger charge is -2.25. The number of hydrogen-bond donors (Lipinski definition) is 7. The van der Waals surface area contributed by atoms with Gasteiger partial charge in [0.25, 0.3) is 0 Å². The summed E-state index contributed by atoms with van der Waals surface area (Å²) in [6.45, 7) is 3.55. The van der Waals surface area contributed by atoms with Gasteiger partial charge in [-0.25, -0.2) is 4.79 Å². The monoisotopic (exact) mass is 505 g/mol. The van der Waals surface area contributed by atoms with E-state index in [-0.39, 0.29) is 25.2 Å². The van der Waals surface area contributed by atoms with Gasteiger partial charge in [-0.3, -0.25) is 24.0 Å². The number of nitrogens with one attached hydrogen (secondary N) is 3. The van der Waals surface area contributed by atoms with Gasteiger partial charge in [0.05, 0.1) is 12.5 Å². The van der Waals surface area contributed by atoms with E-state index < -0.39 is 66.2 Å². The zero-order valence-corrected chi connectivity index (χ0v) is 20.4. The van der Waals surface area contributed by atoms with Gasteiger partial charge >= 0.3 is 11.9 Å². The van der Waals surface area contributed by atoms with Crippen molar-refractivity contribution < 1.29 is 39.0 Å². The van der Waals surface area contributed by atoms with Crippen LogP contribution in [0.25, 0.3) is 0 Å². The minimum absolute atomic E-state index is 0.0982. The van der Waals surface area contributed by atoms with Gasteiger partial charge in [-0.05, 0) is 30.8 Å². The fourth-order valence-electron chi connectivity index (χ4n) is 2.76. The Kier molecular flexibility index (Phi) is 14.5. The molecule has 0 heterocycles. The molecule has 0 saturated carbocycles. The summed E-state index contributed by atoms with van der Waals surface area (Å²) in [5.74, 6) is -5.78. The summed E-state index contributed by atoms with van der Waals surface area (Å²) in [6.07, 6.45) is 1.17. The van der Waals surface area contributed by atoms with Gasteiger partial charge in [0.15, 0.2) is 0 Å². The molecule has 5 unspecified atom stereocenters. The van der Waals surface area contributed by atoms with E-state index in [1.165, 1.54) is 11.8 Å². The molecule has 0 aromatic heterocycles. The van der Waals surface area contributed by atoms with Gasteiger partial charge in [0.1, 0.15) is 18.1 Å². The highest BCUT2D eigenvalue weighted by Crippen LogP contribution is 2.08. The summed E-state index contributed by atoms with van der Waals surface area (Å²) in [4.78, 5) is 71.5. The van der Waals surface area contributed by atoms with Crippen LogP contribution in [0.4, 0.5) is 0 Å². The highest BCUT2D eigenvalue weighted by atomic mass is 32.2. The first-order valence-corrected chi connectivity index (χ1v) is 12.1. The van der Waals surface area contributed by atoms with Crippen LogP contribution in [0.3, 0.4) is 0 Å². The van der Waals surface area contributed by atoms with Crippen LogP contribution in [0.15, 0.2) is 0 Å². The molecule has 13 nitrogen and oxygen atoms in total. The number of primary amides is 1. The van der Waals surface area contributed by atoms with Gasteiger partial charge in [0.2, 0.25) is 23.6 Å². The molecule has 0 aromatic carbocycles. The van der Waals surface area contributed by atoms with E-state index in [0.717, 1.165) is 0 Å². The molecule has 9 N–H and O–H groups in total. The van der Waals surface area contributed by atoms with Crippen molar-refractivity contribution in [2.45, 2.75) is 70.1 Å². The van der Waals surface area contributed by atoms with Crippen molar-refractivity contribution in [3.8, 4) is 0 Å². The third-order valence-electron chi connectivity index (χ3n) is 5.11. The molecular weight excluding hydrogens is 470 g/mol. The fraction of sp³-hybridized carbons (Fsp3) is 0.700. The van der Waals surface area contributed by atoms with Gasteiger partial charge in [-0.2, -0.15) is 11.8 Å². The van der Waals surface area contributed by atoms with Crippen molar-refractivity contribution in [1.29, 1.82) is 0 Å². The lowest BCUT2D eigenvalue weighted by molar-refractivity contribution is -0.143. The third-order valence-corrected chi connectivity index (χ3v) is 5.75. The van der Waals surface area contributed by atoms with E-state index in [2.05, 4.69) is 16.0 Å². The second kappa shape index (κ2) is 15.9. The molecule has 194 valence electrons. The van der Waals surface area contributed by atoms with Crippen molar-refractivity contribution in [3.63, 3.8) is 0 Å². The molecule has 5 atom stereocenters. The van der Waals surface area contributed by atoms with Gasteiger partial charge in [-0.1, -0.05) is 20.3 Å². The maximum atomic E-state index is 12.8. The Morgan fingerprint density at radius 1 is 0.882 bits per heavy atom. The summed E-state index contributed by atoms with van der Waals surface area (Å²) < 4.78 is 0. The topological polar surface area (TPSA) is 231 Å². The van der Waals surface area contributed by atoms with Crippen molar-refractivity contribution in [2.24, 2.45) is 17.4 Å². The lowest BCUT2D eigenvalue weighted by Crippen LogP contribution is -2.58. The SMILES string of the molecule is CCC(C)C(N)C(=O)NC(CC(=O)O)C(=O)NC(CCSC)C(=O)NC(CCC(N)=O)C(=O)O. The normalized spacial score (nSPS) is 15.2. The molecule has 0 radical (unpaired) electrons. The molecule has 0 bridgehead atoms. The van der Waals surface area contributed by atoms with Crippen LogP contribution >= 0.6 is 11.8 Å². The third kappa shape index (κ3) is 11.8. The van der Waals surface area contributed by atoms with Gasteiger partial charge in [0, 0.05) is 6.42 Å². The fourth-order valence-corrected chi connectivity index (χ4v) is 3.23. The Bertz CT molecular complexity index is 750. The maximum absolute atomic E-state index is 12.8. The van der Waals surface area contributed by atoms with Crippen LogP contribution in [0.5, 0.6) is 0 Å². The van der Waals surface area contributed by atoms with Gasteiger partial charge in [-0.15, -0.1) is 0 Å². The quantitative estimate of drug-likeness (QED) is 0.119. The Morgan fingerprint density at radius 3 is 1.88 bits per heavy atom. The Morgan fingerprint density at radius 2 is 1.41 bits per heavy atom. The van der Waals surface area contributed by atoms with Crippen molar-refractivity contribution in [2.75, 3.05) is 12.0 Å². The Labute approximate surface area is 202 Å². The standard InChI is InChI=1S/C20H35N5O8S/c1-4-10(2)16(22)19(31)25-13(9-15(27)28)18(30)23-11(7-8-34-3)17(29)24-12(20(32)33)5-6-14(21)26/h10-13,16H,4-9,22H2,1-3H3,(H2,21,26)(H,23,30)(H,24,29)(H,25,31)(H,27,28)(H,32,33). The Hall–Kier alpha value is -2.87. The summed E-state index contributed by atoms with van der Waals surface area (Å²) in [5.41, 5.74) is 10.9. The van der Waals surface area contributed by atoms with Crippen LogP contribution in [0.2, 0.25) is 0 Å². The van der Waals surface area contributed by atoms with Crippen LogP contribution in [-0.2, 0) is 28.8 Å². The maximum Gasteiger partial charge on any atom is 0.326 e. The van der Waals surface area contributed by atoms with E-state index in [4.69, 9.17) is 16.6 Å². The average Bonchev–Trinajstić information content (AvgIpc) is 2.76. The minimum atomic E-state index is -1.50. The number of carboxylic acid groups (broad SMARTS) is 2. The summed E-state index contributed by atoms with van der Waals surface area (Å²) in [5, 5.41) is 25.4. The zero-order chi connectivity index (χ0) is 26.4. The average molecular weight is 506 g/mol. The summed E-state index contributed by atoms with van der Waals surface area (Å²) in [7, 11) is 0. The minimum Gasteiger partial charge on any atom is -0.481 e. The highest BCUT2D eigenvalue weighted by Gasteiger charge is 2.32. The molecule has 0 saturated heterocycles. The first-order valence-electron chi connectivity index (χ1n) is 10.7. The Balaban J connectivity index is 5.52. The number of carboxylic acids is 2. The predicted octanol–water partition coefficient (Wildman–Crippen LogP) is -1.61. The van der Waals surface area contributed by atoms with E-state index >= 15 is 0 Å². The second-order valence-electron chi connectivity index (χ2n) is 7.82. The first-order chi connectivity index (χ1) is 15.8. The largest absolute Gasteiger partial charge is 0.481 e. The highest BCUT2D eigenvalue weighted by molar-refractivity contribution is 7.98. The number of carbonyl (C=O) groups is 6. The smallest absolute Gasteiger partial charge is 0.326 e. The number of hydrogen-bond acceptors (Lipinski definition) is 8. The van der Waals surface area contributed by atoms with E-state index in [9.17, 15) is 33.9 Å². The molecule has 0 aliphatic heterocycles. The predicted molar refractivity (Wildman–Crippen MR) is 125 cm³/mol. The molecule has 0 aromatic rings. The number of nitrogens with two attached hydrogens (primary N) is 2. The molecule has 0 aliphatic rings.